The lowest BCUT2D eigenvalue weighted by Gasteiger charge is -2.39. The maximum Gasteiger partial charge on any atom is 0.0976 e. The predicted molar refractivity (Wildman–Crippen MR) is 61.0 cm³/mol. The van der Waals surface area contributed by atoms with E-state index in [0.29, 0.717) is 0 Å². The summed E-state index contributed by atoms with van der Waals surface area (Å²) in [5.41, 5.74) is 0.299. The Morgan fingerprint density at radius 1 is 1.33 bits per heavy atom. The number of nitrogens with zero attached hydrogens (tertiary/aromatic N) is 1. The van der Waals surface area contributed by atoms with Crippen LogP contribution in [0.15, 0.2) is 28.7 Å². The summed E-state index contributed by atoms with van der Waals surface area (Å²) in [6, 6.07) is 9.78. The van der Waals surface area contributed by atoms with Gasteiger partial charge in [0.25, 0.3) is 0 Å². The van der Waals surface area contributed by atoms with E-state index in [1.54, 1.807) is 0 Å². The highest BCUT2D eigenvalue weighted by Crippen LogP contribution is 2.49. The molecule has 0 spiro atoms. The summed E-state index contributed by atoms with van der Waals surface area (Å²) < 4.78 is 0.984. The van der Waals surface area contributed by atoms with Gasteiger partial charge in [-0.3, -0.25) is 0 Å². The fourth-order valence-electron chi connectivity index (χ4n) is 1.97. The molecule has 1 aliphatic carbocycles. The summed E-state index contributed by atoms with van der Waals surface area (Å²) in [5, 5.41) is 19.2. The van der Waals surface area contributed by atoms with Crippen molar-refractivity contribution in [1.82, 2.24) is 0 Å². The molecule has 1 saturated carbocycles. The summed E-state index contributed by atoms with van der Waals surface area (Å²) in [6.45, 7) is 0. The van der Waals surface area contributed by atoms with Crippen molar-refractivity contribution >= 4 is 15.9 Å². The SMILES string of the molecule is N#CC1(C(O)c2ccc(Br)cc2)CCC1. The van der Waals surface area contributed by atoms with Crippen molar-refractivity contribution < 1.29 is 5.11 Å². The van der Waals surface area contributed by atoms with Crippen molar-refractivity contribution in [2.24, 2.45) is 5.41 Å². The molecule has 0 bridgehead atoms. The maximum atomic E-state index is 10.1. The normalized spacial score (nSPS) is 20.1. The molecular formula is C12H12BrNO. The minimum Gasteiger partial charge on any atom is -0.387 e. The van der Waals surface area contributed by atoms with E-state index in [1.807, 2.05) is 24.3 Å². The molecule has 1 atom stereocenters. The number of aliphatic hydroxyl groups is 1. The Balaban J connectivity index is 2.24. The van der Waals surface area contributed by atoms with Gasteiger partial charge in [-0.1, -0.05) is 34.5 Å². The Hall–Kier alpha value is -0.850. The van der Waals surface area contributed by atoms with Crippen LogP contribution in [0, 0.1) is 16.7 Å². The molecule has 2 rings (SSSR count). The molecule has 0 heterocycles. The van der Waals surface area contributed by atoms with Crippen LogP contribution in [-0.2, 0) is 0 Å². The number of hydrogen-bond acceptors (Lipinski definition) is 2. The van der Waals surface area contributed by atoms with Gasteiger partial charge in [-0.15, -0.1) is 0 Å². The van der Waals surface area contributed by atoms with Crippen LogP contribution >= 0.6 is 15.9 Å². The van der Waals surface area contributed by atoms with Gasteiger partial charge in [0, 0.05) is 4.47 Å². The third-order valence-electron chi connectivity index (χ3n) is 3.18. The topological polar surface area (TPSA) is 44.0 Å². The zero-order valence-electron chi connectivity index (χ0n) is 8.28. The second kappa shape index (κ2) is 3.96. The molecule has 78 valence electrons. The van der Waals surface area contributed by atoms with E-state index >= 15 is 0 Å². The Morgan fingerprint density at radius 2 is 1.93 bits per heavy atom. The largest absolute Gasteiger partial charge is 0.387 e. The van der Waals surface area contributed by atoms with E-state index in [9.17, 15) is 5.11 Å². The fourth-order valence-corrected chi connectivity index (χ4v) is 2.23. The van der Waals surface area contributed by atoms with Gasteiger partial charge in [0.1, 0.15) is 0 Å². The number of halogens is 1. The van der Waals surface area contributed by atoms with Crippen molar-refractivity contribution in [3.63, 3.8) is 0 Å². The smallest absolute Gasteiger partial charge is 0.0976 e. The third-order valence-corrected chi connectivity index (χ3v) is 3.71. The van der Waals surface area contributed by atoms with E-state index in [1.165, 1.54) is 0 Å². The Labute approximate surface area is 97.7 Å². The first-order chi connectivity index (χ1) is 7.18. The van der Waals surface area contributed by atoms with Gasteiger partial charge in [-0.2, -0.15) is 5.26 Å². The van der Waals surface area contributed by atoms with Crippen LogP contribution in [0.5, 0.6) is 0 Å². The van der Waals surface area contributed by atoms with Crippen LogP contribution in [0.4, 0.5) is 0 Å². The minimum atomic E-state index is -0.649. The minimum absolute atomic E-state index is 0.534. The zero-order chi connectivity index (χ0) is 10.9. The molecule has 0 saturated heterocycles. The average Bonchev–Trinajstić information content (AvgIpc) is 2.18. The summed E-state index contributed by atoms with van der Waals surface area (Å²) >= 11 is 3.35. The average molecular weight is 266 g/mol. The van der Waals surface area contributed by atoms with Crippen molar-refractivity contribution in [3.05, 3.63) is 34.3 Å². The Kier molecular flexibility index (Phi) is 2.81. The molecule has 1 fully saturated rings. The van der Waals surface area contributed by atoms with Gasteiger partial charge in [0.15, 0.2) is 0 Å². The summed E-state index contributed by atoms with van der Waals surface area (Å²) in [5.74, 6) is 0. The van der Waals surface area contributed by atoms with Crippen LogP contribution in [-0.4, -0.2) is 5.11 Å². The summed E-state index contributed by atoms with van der Waals surface area (Å²) in [7, 11) is 0. The molecule has 1 N–H and O–H groups in total. The third kappa shape index (κ3) is 1.80. The first-order valence-corrected chi connectivity index (χ1v) is 5.82. The van der Waals surface area contributed by atoms with Crippen molar-refractivity contribution in [1.29, 1.82) is 5.26 Å². The molecule has 0 aromatic heterocycles. The second-order valence-electron chi connectivity index (χ2n) is 4.08. The lowest BCUT2D eigenvalue weighted by atomic mass is 9.65. The number of aliphatic hydroxyl groups excluding tert-OH is 1. The highest BCUT2D eigenvalue weighted by Gasteiger charge is 2.44. The molecule has 0 aliphatic heterocycles. The van der Waals surface area contributed by atoms with Gasteiger partial charge in [0.05, 0.1) is 17.6 Å². The van der Waals surface area contributed by atoms with Crippen LogP contribution < -0.4 is 0 Å². The molecule has 1 aliphatic rings. The Morgan fingerprint density at radius 3 is 2.33 bits per heavy atom. The second-order valence-corrected chi connectivity index (χ2v) is 4.99. The molecule has 0 radical (unpaired) electrons. The van der Waals surface area contributed by atoms with Gasteiger partial charge >= 0.3 is 0 Å². The van der Waals surface area contributed by atoms with Crippen LogP contribution in [0.3, 0.4) is 0 Å². The van der Waals surface area contributed by atoms with Crippen LogP contribution in [0.2, 0.25) is 0 Å². The molecular weight excluding hydrogens is 254 g/mol. The lowest BCUT2D eigenvalue weighted by Crippen LogP contribution is -2.34. The number of hydrogen-bond donors (Lipinski definition) is 1. The van der Waals surface area contributed by atoms with Crippen LogP contribution in [0.1, 0.15) is 30.9 Å². The molecule has 1 unspecified atom stereocenters. The molecule has 15 heavy (non-hydrogen) atoms. The van der Waals surface area contributed by atoms with Gasteiger partial charge in [0.2, 0.25) is 0 Å². The van der Waals surface area contributed by atoms with E-state index in [0.717, 1.165) is 29.3 Å². The van der Waals surface area contributed by atoms with E-state index < -0.39 is 11.5 Å². The standard InChI is InChI=1S/C12H12BrNO/c13-10-4-2-9(3-5-10)11(15)12(8-14)6-1-7-12/h2-5,11,15H,1,6-7H2. The van der Waals surface area contributed by atoms with Crippen molar-refractivity contribution in [3.8, 4) is 6.07 Å². The number of rotatable bonds is 2. The zero-order valence-corrected chi connectivity index (χ0v) is 9.87. The summed E-state index contributed by atoms with van der Waals surface area (Å²) in [4.78, 5) is 0. The van der Waals surface area contributed by atoms with E-state index in [2.05, 4.69) is 22.0 Å². The van der Waals surface area contributed by atoms with Crippen LogP contribution in [0.25, 0.3) is 0 Å². The Bertz CT molecular complexity index is 389. The first-order valence-electron chi connectivity index (χ1n) is 5.03. The van der Waals surface area contributed by atoms with Crippen molar-refractivity contribution in [2.75, 3.05) is 0 Å². The van der Waals surface area contributed by atoms with E-state index in [-0.39, 0.29) is 0 Å². The van der Waals surface area contributed by atoms with Gasteiger partial charge in [-0.05, 0) is 30.5 Å². The molecule has 3 heteroatoms. The van der Waals surface area contributed by atoms with Gasteiger partial charge < -0.3 is 5.11 Å². The fraction of sp³-hybridized carbons (Fsp3) is 0.417. The lowest BCUT2D eigenvalue weighted by molar-refractivity contribution is 0.00794. The quantitative estimate of drug-likeness (QED) is 0.893. The number of nitriles is 1. The summed E-state index contributed by atoms with van der Waals surface area (Å²) in [6.07, 6.45) is 2.01. The first kappa shape index (κ1) is 10.7. The van der Waals surface area contributed by atoms with E-state index in [4.69, 9.17) is 5.26 Å². The highest BCUT2D eigenvalue weighted by molar-refractivity contribution is 9.10. The molecule has 1 aromatic rings. The van der Waals surface area contributed by atoms with Gasteiger partial charge in [-0.25, -0.2) is 0 Å². The molecule has 2 nitrogen and oxygen atoms in total. The molecule has 0 amide bonds. The molecule has 1 aromatic carbocycles. The van der Waals surface area contributed by atoms with Crippen molar-refractivity contribution in [2.45, 2.75) is 25.4 Å². The monoisotopic (exact) mass is 265 g/mol. The maximum absolute atomic E-state index is 10.1. The predicted octanol–water partition coefficient (Wildman–Crippen LogP) is 3.18. The number of benzene rings is 1. The highest BCUT2D eigenvalue weighted by atomic mass is 79.9.